The number of phenols is 2. The van der Waals surface area contributed by atoms with Gasteiger partial charge in [0.1, 0.15) is 17.2 Å². The van der Waals surface area contributed by atoms with Gasteiger partial charge in [0.25, 0.3) is 0 Å². The Labute approximate surface area is 140 Å². The molecule has 3 heteroatoms. The lowest BCUT2D eigenvalue weighted by Crippen LogP contribution is -2.25. The number of aromatic hydroxyl groups is 2. The van der Waals surface area contributed by atoms with E-state index in [1.807, 2.05) is 48.5 Å². The first-order valence-corrected chi connectivity index (χ1v) is 8.02. The zero-order chi connectivity index (χ0) is 16.5. The van der Waals surface area contributed by atoms with E-state index in [1.54, 1.807) is 18.2 Å². The lowest BCUT2D eigenvalue weighted by atomic mass is 9.75. The van der Waals surface area contributed by atoms with Crippen molar-refractivity contribution in [1.29, 1.82) is 0 Å². The largest absolute Gasteiger partial charge is 0.508 e. The van der Waals surface area contributed by atoms with Crippen molar-refractivity contribution in [1.82, 2.24) is 0 Å². The Morgan fingerprint density at radius 3 is 2.17 bits per heavy atom. The highest BCUT2D eigenvalue weighted by atomic mass is 16.5. The van der Waals surface area contributed by atoms with E-state index in [1.165, 1.54) is 0 Å². The van der Waals surface area contributed by atoms with Gasteiger partial charge in [-0.15, -0.1) is 0 Å². The summed E-state index contributed by atoms with van der Waals surface area (Å²) in [5.74, 6) is 1.47. The first kappa shape index (κ1) is 14.6. The molecule has 3 aromatic carbocycles. The molecule has 1 aliphatic rings. The van der Waals surface area contributed by atoms with Crippen LogP contribution in [0.5, 0.6) is 17.2 Å². The molecule has 3 nitrogen and oxygen atoms in total. The number of hydrogen-bond acceptors (Lipinski definition) is 3. The Bertz CT molecular complexity index is 855. The summed E-state index contributed by atoms with van der Waals surface area (Å²) in [6.07, 6.45) is 0. The second kappa shape index (κ2) is 5.93. The van der Waals surface area contributed by atoms with Gasteiger partial charge in [0.2, 0.25) is 0 Å². The van der Waals surface area contributed by atoms with E-state index in [9.17, 15) is 10.2 Å². The third kappa shape index (κ3) is 2.48. The zero-order valence-corrected chi connectivity index (χ0v) is 13.1. The summed E-state index contributed by atoms with van der Waals surface area (Å²) in [6.45, 7) is 0.529. The normalized spacial score (nSPS) is 19.3. The minimum atomic E-state index is 0.000642. The van der Waals surface area contributed by atoms with Crippen molar-refractivity contribution >= 4 is 0 Å². The van der Waals surface area contributed by atoms with Crippen molar-refractivity contribution in [2.75, 3.05) is 6.61 Å². The number of benzene rings is 3. The van der Waals surface area contributed by atoms with Gasteiger partial charge in [-0.2, -0.15) is 0 Å². The number of rotatable bonds is 2. The fourth-order valence-corrected chi connectivity index (χ4v) is 3.51. The Hall–Kier alpha value is -2.94. The molecule has 0 saturated heterocycles. The summed E-state index contributed by atoms with van der Waals surface area (Å²) in [5, 5.41) is 20.0. The van der Waals surface area contributed by atoms with Gasteiger partial charge in [-0.25, -0.2) is 0 Å². The summed E-state index contributed by atoms with van der Waals surface area (Å²) in [7, 11) is 0. The average Bonchev–Trinajstić information content (AvgIpc) is 2.62. The van der Waals surface area contributed by atoms with Crippen molar-refractivity contribution in [3.8, 4) is 17.2 Å². The van der Waals surface area contributed by atoms with Gasteiger partial charge in [0.15, 0.2) is 0 Å². The zero-order valence-electron chi connectivity index (χ0n) is 13.1. The van der Waals surface area contributed by atoms with Crippen molar-refractivity contribution in [3.63, 3.8) is 0 Å². The second-order valence-corrected chi connectivity index (χ2v) is 6.08. The fourth-order valence-electron chi connectivity index (χ4n) is 3.51. The van der Waals surface area contributed by atoms with Gasteiger partial charge in [-0.05, 0) is 29.8 Å². The highest BCUT2D eigenvalue weighted by Crippen LogP contribution is 2.48. The maximum Gasteiger partial charge on any atom is 0.123 e. The van der Waals surface area contributed by atoms with E-state index in [4.69, 9.17) is 4.74 Å². The van der Waals surface area contributed by atoms with Crippen LogP contribution in [0.2, 0.25) is 0 Å². The van der Waals surface area contributed by atoms with Gasteiger partial charge < -0.3 is 14.9 Å². The number of phenolic OH excluding ortho intramolecular Hbond substituents is 2. The lowest BCUT2D eigenvalue weighted by molar-refractivity contribution is 0.247. The molecule has 0 radical (unpaired) electrons. The molecular weight excluding hydrogens is 300 g/mol. The first-order valence-electron chi connectivity index (χ1n) is 8.02. The molecule has 2 atom stereocenters. The van der Waals surface area contributed by atoms with E-state index in [0.717, 1.165) is 22.4 Å². The predicted octanol–water partition coefficient (Wildman–Crippen LogP) is 4.41. The van der Waals surface area contributed by atoms with Crippen LogP contribution in [0.1, 0.15) is 28.5 Å². The van der Waals surface area contributed by atoms with Crippen LogP contribution in [0.3, 0.4) is 0 Å². The Morgan fingerprint density at radius 1 is 0.750 bits per heavy atom. The van der Waals surface area contributed by atoms with Crippen LogP contribution in [0.25, 0.3) is 0 Å². The third-order valence-corrected chi connectivity index (χ3v) is 4.67. The highest BCUT2D eigenvalue weighted by molar-refractivity contribution is 5.51. The summed E-state index contributed by atoms with van der Waals surface area (Å²) in [6, 6.07) is 22.7. The minimum absolute atomic E-state index is 0.000642. The number of fused-ring (bicyclic) bond motifs is 1. The molecule has 3 aromatic rings. The van der Waals surface area contributed by atoms with Crippen molar-refractivity contribution in [3.05, 3.63) is 89.5 Å². The number of para-hydroxylation sites is 2. The quantitative estimate of drug-likeness (QED) is 0.736. The fraction of sp³-hybridized carbons (Fsp3) is 0.143. The smallest absolute Gasteiger partial charge is 0.123 e. The first-order chi connectivity index (χ1) is 11.7. The molecule has 0 aromatic heterocycles. The van der Waals surface area contributed by atoms with Crippen LogP contribution in [0.15, 0.2) is 72.8 Å². The third-order valence-electron chi connectivity index (χ3n) is 4.67. The maximum atomic E-state index is 10.4. The van der Waals surface area contributed by atoms with Gasteiger partial charge in [0, 0.05) is 23.0 Å². The molecule has 2 N–H and O–H groups in total. The van der Waals surface area contributed by atoms with Gasteiger partial charge in [-0.1, -0.05) is 48.5 Å². The molecule has 1 aliphatic heterocycles. The topological polar surface area (TPSA) is 49.7 Å². The van der Waals surface area contributed by atoms with Crippen molar-refractivity contribution in [2.24, 2.45) is 0 Å². The minimum Gasteiger partial charge on any atom is -0.508 e. The summed E-state index contributed by atoms with van der Waals surface area (Å²) in [5.41, 5.74) is 3.05. The van der Waals surface area contributed by atoms with Crippen molar-refractivity contribution in [2.45, 2.75) is 11.8 Å². The standard InChI is InChI=1S/C21H18O3/c22-15-11-9-14(10-12-15)18-13-24-20-8-4-2-6-17(20)21(18)16-5-1-3-7-19(16)23/h1-12,18,21-23H,13H2. The molecule has 0 fully saturated rings. The van der Waals surface area contributed by atoms with Crippen LogP contribution in [-0.4, -0.2) is 16.8 Å². The molecular formula is C21H18O3. The highest BCUT2D eigenvalue weighted by Gasteiger charge is 2.34. The van der Waals surface area contributed by atoms with Crippen LogP contribution in [0.4, 0.5) is 0 Å². The van der Waals surface area contributed by atoms with E-state index < -0.39 is 0 Å². The summed E-state index contributed by atoms with van der Waals surface area (Å²) in [4.78, 5) is 0. The van der Waals surface area contributed by atoms with E-state index in [-0.39, 0.29) is 17.6 Å². The summed E-state index contributed by atoms with van der Waals surface area (Å²) < 4.78 is 5.97. The van der Waals surface area contributed by atoms with Crippen LogP contribution in [0, 0.1) is 0 Å². The Morgan fingerprint density at radius 2 is 1.42 bits per heavy atom. The molecule has 120 valence electrons. The molecule has 2 unspecified atom stereocenters. The summed E-state index contributed by atoms with van der Waals surface area (Å²) >= 11 is 0. The molecule has 1 heterocycles. The Kier molecular flexibility index (Phi) is 3.62. The van der Waals surface area contributed by atoms with Crippen molar-refractivity contribution < 1.29 is 14.9 Å². The SMILES string of the molecule is Oc1ccc(C2COc3ccccc3C2c2ccccc2O)cc1. The van der Waals surface area contributed by atoms with Gasteiger partial charge in [-0.3, -0.25) is 0 Å². The monoisotopic (exact) mass is 318 g/mol. The average molecular weight is 318 g/mol. The molecule has 24 heavy (non-hydrogen) atoms. The van der Waals surface area contributed by atoms with Gasteiger partial charge >= 0.3 is 0 Å². The van der Waals surface area contributed by atoms with Crippen LogP contribution in [-0.2, 0) is 0 Å². The lowest BCUT2D eigenvalue weighted by Gasteiger charge is -2.34. The van der Waals surface area contributed by atoms with Crippen LogP contribution >= 0.6 is 0 Å². The molecule has 4 rings (SSSR count). The second-order valence-electron chi connectivity index (χ2n) is 6.08. The Balaban J connectivity index is 1.87. The molecule has 0 bridgehead atoms. The number of hydrogen-bond donors (Lipinski definition) is 2. The molecule has 0 saturated carbocycles. The van der Waals surface area contributed by atoms with Gasteiger partial charge in [0.05, 0.1) is 6.61 Å². The predicted molar refractivity (Wildman–Crippen MR) is 92.7 cm³/mol. The van der Waals surface area contributed by atoms with Crippen LogP contribution < -0.4 is 4.74 Å². The molecule has 0 aliphatic carbocycles. The van der Waals surface area contributed by atoms with E-state index >= 15 is 0 Å². The van der Waals surface area contributed by atoms with E-state index in [2.05, 4.69) is 6.07 Å². The van der Waals surface area contributed by atoms with E-state index in [0.29, 0.717) is 12.4 Å². The molecule has 0 spiro atoms. The number of ether oxygens (including phenoxy) is 1. The molecule has 0 amide bonds. The maximum absolute atomic E-state index is 10.4.